The SMILES string of the molecule is CCOc1ccc(/C=C/C(=O)c2cc(Cl)cc(I)c2O)cc1. The first-order valence-electron chi connectivity index (χ1n) is 6.64. The molecule has 0 spiro atoms. The van der Waals surface area contributed by atoms with Crippen molar-refractivity contribution in [3.63, 3.8) is 0 Å². The molecule has 3 nitrogen and oxygen atoms in total. The Morgan fingerprint density at radius 2 is 2.00 bits per heavy atom. The highest BCUT2D eigenvalue weighted by Gasteiger charge is 2.12. The van der Waals surface area contributed by atoms with Crippen molar-refractivity contribution < 1.29 is 14.6 Å². The van der Waals surface area contributed by atoms with Crippen LogP contribution in [-0.4, -0.2) is 17.5 Å². The summed E-state index contributed by atoms with van der Waals surface area (Å²) in [5, 5.41) is 10.4. The Morgan fingerprint density at radius 1 is 1.32 bits per heavy atom. The zero-order valence-electron chi connectivity index (χ0n) is 11.8. The summed E-state index contributed by atoms with van der Waals surface area (Å²) < 4.78 is 5.90. The molecular formula is C17H14ClIO3. The number of benzene rings is 2. The topological polar surface area (TPSA) is 46.5 Å². The van der Waals surface area contributed by atoms with Crippen LogP contribution in [-0.2, 0) is 0 Å². The van der Waals surface area contributed by atoms with Gasteiger partial charge < -0.3 is 9.84 Å². The average Bonchev–Trinajstić information content (AvgIpc) is 2.50. The van der Waals surface area contributed by atoms with Crippen molar-refractivity contribution in [2.24, 2.45) is 0 Å². The van der Waals surface area contributed by atoms with E-state index in [0.717, 1.165) is 11.3 Å². The first kappa shape index (κ1) is 16.8. The zero-order chi connectivity index (χ0) is 16.1. The van der Waals surface area contributed by atoms with Crippen LogP contribution in [0.5, 0.6) is 11.5 Å². The second kappa shape index (κ2) is 7.65. The number of phenols is 1. The van der Waals surface area contributed by atoms with Gasteiger partial charge in [-0.15, -0.1) is 0 Å². The summed E-state index contributed by atoms with van der Waals surface area (Å²) in [6, 6.07) is 10.5. The van der Waals surface area contributed by atoms with Gasteiger partial charge >= 0.3 is 0 Å². The number of hydrogen-bond acceptors (Lipinski definition) is 3. The highest BCUT2D eigenvalue weighted by Crippen LogP contribution is 2.29. The van der Waals surface area contributed by atoms with E-state index in [-0.39, 0.29) is 17.1 Å². The van der Waals surface area contributed by atoms with E-state index in [2.05, 4.69) is 0 Å². The Morgan fingerprint density at radius 3 is 2.64 bits per heavy atom. The third kappa shape index (κ3) is 4.24. The molecule has 2 aromatic rings. The first-order valence-corrected chi connectivity index (χ1v) is 8.10. The molecule has 0 amide bonds. The molecule has 0 aliphatic carbocycles. The average molecular weight is 429 g/mol. The maximum Gasteiger partial charge on any atom is 0.189 e. The number of allylic oxidation sites excluding steroid dienone is 1. The lowest BCUT2D eigenvalue weighted by Gasteiger charge is -2.04. The molecule has 2 aromatic carbocycles. The van der Waals surface area contributed by atoms with Crippen LogP contribution < -0.4 is 4.74 Å². The second-order valence-corrected chi connectivity index (χ2v) is 6.08. The minimum atomic E-state index is -0.299. The maximum absolute atomic E-state index is 12.2. The quantitative estimate of drug-likeness (QED) is 0.417. The molecule has 114 valence electrons. The second-order valence-electron chi connectivity index (χ2n) is 4.48. The Balaban J connectivity index is 2.18. The Kier molecular flexibility index (Phi) is 5.85. The molecule has 0 aliphatic rings. The van der Waals surface area contributed by atoms with Crippen LogP contribution in [0.2, 0.25) is 5.02 Å². The van der Waals surface area contributed by atoms with Gasteiger partial charge in [-0.2, -0.15) is 0 Å². The third-order valence-electron chi connectivity index (χ3n) is 2.91. The smallest absolute Gasteiger partial charge is 0.189 e. The molecule has 0 atom stereocenters. The van der Waals surface area contributed by atoms with Gasteiger partial charge in [0.25, 0.3) is 0 Å². The predicted molar refractivity (Wildman–Crippen MR) is 96.8 cm³/mol. The number of aromatic hydroxyl groups is 1. The molecule has 0 aromatic heterocycles. The van der Waals surface area contributed by atoms with Gasteiger partial charge in [-0.1, -0.05) is 29.8 Å². The van der Waals surface area contributed by atoms with E-state index >= 15 is 0 Å². The number of carbonyl (C=O) groups is 1. The maximum atomic E-state index is 12.2. The van der Waals surface area contributed by atoms with Gasteiger partial charge in [0, 0.05) is 5.02 Å². The standard InChI is InChI=1S/C17H14ClIO3/c1-2-22-13-6-3-11(4-7-13)5-8-16(20)14-9-12(18)10-15(19)17(14)21/h3-10,21H,2H2,1H3/b8-5+. The minimum Gasteiger partial charge on any atom is -0.506 e. The number of phenolic OH excluding ortho intramolecular Hbond substituents is 1. The highest BCUT2D eigenvalue weighted by atomic mass is 127. The molecule has 0 bridgehead atoms. The summed E-state index contributed by atoms with van der Waals surface area (Å²) in [7, 11) is 0. The highest BCUT2D eigenvalue weighted by molar-refractivity contribution is 14.1. The number of hydrogen-bond donors (Lipinski definition) is 1. The van der Waals surface area contributed by atoms with E-state index in [4.69, 9.17) is 16.3 Å². The Bertz CT molecular complexity index is 709. The number of ether oxygens (including phenoxy) is 1. The molecule has 2 rings (SSSR count). The Hall–Kier alpha value is -1.53. The largest absolute Gasteiger partial charge is 0.506 e. The normalized spacial score (nSPS) is 10.9. The molecule has 0 saturated carbocycles. The van der Waals surface area contributed by atoms with Gasteiger partial charge in [-0.05, 0) is 65.4 Å². The van der Waals surface area contributed by atoms with Gasteiger partial charge in [0.2, 0.25) is 0 Å². The van der Waals surface area contributed by atoms with E-state index in [1.807, 2.05) is 53.8 Å². The van der Waals surface area contributed by atoms with Gasteiger partial charge in [-0.3, -0.25) is 4.79 Å². The van der Waals surface area contributed by atoms with E-state index < -0.39 is 0 Å². The molecule has 0 saturated heterocycles. The number of ketones is 1. The molecule has 22 heavy (non-hydrogen) atoms. The van der Waals surface area contributed by atoms with Crippen molar-refractivity contribution in [3.05, 3.63) is 62.2 Å². The Labute approximate surface area is 147 Å². The van der Waals surface area contributed by atoms with Crippen molar-refractivity contribution in [1.29, 1.82) is 0 Å². The minimum absolute atomic E-state index is 0.0497. The van der Waals surface area contributed by atoms with Crippen LogP contribution in [0.15, 0.2) is 42.5 Å². The fraction of sp³-hybridized carbons (Fsp3) is 0.118. The summed E-state index contributed by atoms with van der Waals surface area (Å²) in [5.74, 6) is 0.436. The molecule has 0 heterocycles. The summed E-state index contributed by atoms with van der Waals surface area (Å²) in [6.07, 6.45) is 3.10. The van der Waals surface area contributed by atoms with Crippen LogP contribution in [0.25, 0.3) is 6.08 Å². The summed E-state index contributed by atoms with van der Waals surface area (Å²) in [6.45, 7) is 2.53. The summed E-state index contributed by atoms with van der Waals surface area (Å²) in [4.78, 5) is 12.2. The van der Waals surface area contributed by atoms with Crippen molar-refractivity contribution in [2.75, 3.05) is 6.61 Å². The van der Waals surface area contributed by atoms with Gasteiger partial charge in [-0.25, -0.2) is 0 Å². The van der Waals surface area contributed by atoms with Crippen molar-refractivity contribution in [3.8, 4) is 11.5 Å². The van der Waals surface area contributed by atoms with Crippen molar-refractivity contribution in [2.45, 2.75) is 6.92 Å². The van der Waals surface area contributed by atoms with E-state index in [0.29, 0.717) is 15.2 Å². The molecular weight excluding hydrogens is 415 g/mol. The molecule has 0 unspecified atom stereocenters. The van der Waals surface area contributed by atoms with Crippen LogP contribution in [0.3, 0.4) is 0 Å². The third-order valence-corrected chi connectivity index (χ3v) is 3.95. The molecule has 5 heteroatoms. The zero-order valence-corrected chi connectivity index (χ0v) is 14.8. The lowest BCUT2D eigenvalue weighted by atomic mass is 10.1. The summed E-state index contributed by atoms with van der Waals surface area (Å²) >= 11 is 7.86. The van der Waals surface area contributed by atoms with Crippen LogP contribution >= 0.6 is 34.2 Å². The first-order chi connectivity index (χ1) is 10.5. The summed E-state index contributed by atoms with van der Waals surface area (Å²) in [5.41, 5.74) is 1.06. The van der Waals surface area contributed by atoms with Crippen LogP contribution in [0.4, 0.5) is 0 Å². The molecule has 0 radical (unpaired) electrons. The van der Waals surface area contributed by atoms with Gasteiger partial charge in [0.15, 0.2) is 5.78 Å². The number of rotatable bonds is 5. The van der Waals surface area contributed by atoms with Crippen LogP contribution in [0.1, 0.15) is 22.8 Å². The van der Waals surface area contributed by atoms with E-state index in [1.165, 1.54) is 12.1 Å². The molecule has 1 N–H and O–H groups in total. The van der Waals surface area contributed by atoms with Gasteiger partial charge in [0.05, 0.1) is 15.7 Å². The number of carbonyl (C=O) groups excluding carboxylic acids is 1. The van der Waals surface area contributed by atoms with Crippen LogP contribution in [0, 0.1) is 3.57 Å². The van der Waals surface area contributed by atoms with Crippen molar-refractivity contribution >= 4 is 46.1 Å². The predicted octanol–water partition coefficient (Wildman–Crippen LogP) is 4.95. The number of halogens is 2. The molecule has 0 aliphatic heterocycles. The van der Waals surface area contributed by atoms with E-state index in [9.17, 15) is 9.90 Å². The lowest BCUT2D eigenvalue weighted by molar-refractivity contribution is 0.104. The monoisotopic (exact) mass is 428 g/mol. The van der Waals surface area contributed by atoms with Crippen molar-refractivity contribution in [1.82, 2.24) is 0 Å². The fourth-order valence-corrected chi connectivity index (χ4v) is 2.89. The van der Waals surface area contributed by atoms with Gasteiger partial charge in [0.1, 0.15) is 11.5 Å². The van der Waals surface area contributed by atoms with E-state index in [1.54, 1.807) is 12.1 Å². The lowest BCUT2D eigenvalue weighted by Crippen LogP contribution is -1.96. The fourth-order valence-electron chi connectivity index (χ4n) is 1.86. The molecule has 0 fully saturated rings.